The number of nitrogens with two attached hydrogens (primary N) is 1. The highest BCUT2D eigenvalue weighted by Gasteiger charge is 2.26. The van der Waals surface area contributed by atoms with E-state index in [0.29, 0.717) is 6.54 Å². The first-order valence-electron chi connectivity index (χ1n) is 8.86. The van der Waals surface area contributed by atoms with Crippen LogP contribution in [0.5, 0.6) is 0 Å². The summed E-state index contributed by atoms with van der Waals surface area (Å²) in [5.41, 5.74) is 18.3. The summed E-state index contributed by atoms with van der Waals surface area (Å²) in [7, 11) is 0. The fourth-order valence-electron chi connectivity index (χ4n) is 4.01. The molecule has 1 aliphatic rings. The standard InChI is InChI=1S/C23H23N/c1-3-16-12-15(14-24)13-17(4-2)22(16)21-11-7-10-20-18-8-5-6-9-19(18)23(20)21/h5-13H,3-4,14,24H2,1-2H3. The molecule has 0 amide bonds. The van der Waals surface area contributed by atoms with Crippen LogP contribution < -0.4 is 5.73 Å². The van der Waals surface area contributed by atoms with Gasteiger partial charge in [-0.1, -0.05) is 68.4 Å². The lowest BCUT2D eigenvalue weighted by molar-refractivity contribution is 1.02. The maximum absolute atomic E-state index is 5.91. The first-order valence-corrected chi connectivity index (χ1v) is 8.86. The number of aryl methyl sites for hydroxylation is 2. The van der Waals surface area contributed by atoms with Crippen molar-refractivity contribution < 1.29 is 0 Å². The Hall–Kier alpha value is -2.38. The van der Waals surface area contributed by atoms with E-state index in [0.717, 1.165) is 12.8 Å². The Labute approximate surface area is 144 Å². The zero-order valence-corrected chi connectivity index (χ0v) is 14.4. The van der Waals surface area contributed by atoms with Gasteiger partial charge in [0.05, 0.1) is 0 Å². The van der Waals surface area contributed by atoms with Gasteiger partial charge >= 0.3 is 0 Å². The average Bonchev–Trinajstić information content (AvgIpc) is 2.64. The normalized spacial score (nSPS) is 11.6. The fourth-order valence-corrected chi connectivity index (χ4v) is 4.01. The highest BCUT2D eigenvalue weighted by atomic mass is 14.5. The molecule has 0 spiro atoms. The SMILES string of the molecule is CCc1cc(CN)cc(CC)c1-c1cccc2c1-c1ccccc1-2. The van der Waals surface area contributed by atoms with Crippen LogP contribution in [0.15, 0.2) is 54.6 Å². The second-order valence-electron chi connectivity index (χ2n) is 6.47. The van der Waals surface area contributed by atoms with Crippen LogP contribution in [0.4, 0.5) is 0 Å². The lowest BCUT2D eigenvalue weighted by Gasteiger charge is -2.28. The monoisotopic (exact) mass is 313 g/mol. The maximum atomic E-state index is 5.91. The molecule has 0 saturated heterocycles. The number of benzene rings is 3. The predicted molar refractivity (Wildman–Crippen MR) is 103 cm³/mol. The second-order valence-corrected chi connectivity index (χ2v) is 6.47. The third-order valence-electron chi connectivity index (χ3n) is 5.18. The molecule has 0 atom stereocenters. The van der Waals surface area contributed by atoms with E-state index in [4.69, 9.17) is 5.73 Å². The Morgan fingerprint density at radius 3 is 1.88 bits per heavy atom. The highest BCUT2D eigenvalue weighted by Crippen LogP contribution is 2.52. The smallest absolute Gasteiger partial charge is 0.0178 e. The van der Waals surface area contributed by atoms with Gasteiger partial charge < -0.3 is 5.73 Å². The lowest BCUT2D eigenvalue weighted by atomic mass is 9.75. The molecular formula is C23H23N. The first-order chi connectivity index (χ1) is 11.8. The van der Waals surface area contributed by atoms with Gasteiger partial charge in [0.15, 0.2) is 0 Å². The molecular weight excluding hydrogens is 290 g/mol. The van der Waals surface area contributed by atoms with Crippen molar-refractivity contribution in [2.45, 2.75) is 33.2 Å². The van der Waals surface area contributed by atoms with Crippen molar-refractivity contribution in [2.75, 3.05) is 0 Å². The van der Waals surface area contributed by atoms with E-state index in [-0.39, 0.29) is 0 Å². The molecule has 3 aromatic carbocycles. The van der Waals surface area contributed by atoms with E-state index in [1.54, 1.807) is 0 Å². The Kier molecular flexibility index (Phi) is 3.74. The van der Waals surface area contributed by atoms with Gasteiger partial charge in [-0.3, -0.25) is 0 Å². The Morgan fingerprint density at radius 1 is 0.667 bits per heavy atom. The molecule has 0 heterocycles. The number of rotatable bonds is 4. The van der Waals surface area contributed by atoms with Crippen LogP contribution in [0.2, 0.25) is 0 Å². The zero-order chi connectivity index (χ0) is 16.7. The minimum Gasteiger partial charge on any atom is -0.326 e. The van der Waals surface area contributed by atoms with Crippen LogP contribution in [0, 0.1) is 0 Å². The largest absolute Gasteiger partial charge is 0.326 e. The minimum absolute atomic E-state index is 0.607. The molecule has 0 radical (unpaired) electrons. The highest BCUT2D eigenvalue weighted by molar-refractivity contribution is 6.09. The van der Waals surface area contributed by atoms with Gasteiger partial charge in [0, 0.05) is 6.54 Å². The summed E-state index contributed by atoms with van der Waals surface area (Å²) >= 11 is 0. The van der Waals surface area contributed by atoms with Gasteiger partial charge in [0.25, 0.3) is 0 Å². The number of fused-ring (bicyclic) bond motifs is 4. The van der Waals surface area contributed by atoms with Crippen LogP contribution in [0.3, 0.4) is 0 Å². The van der Waals surface area contributed by atoms with Crippen LogP contribution >= 0.6 is 0 Å². The van der Waals surface area contributed by atoms with Crippen molar-refractivity contribution in [2.24, 2.45) is 5.73 Å². The molecule has 4 rings (SSSR count). The summed E-state index contributed by atoms with van der Waals surface area (Å²) in [6.45, 7) is 5.08. The molecule has 1 heteroatoms. The Bertz CT molecular complexity index is 896. The molecule has 0 unspecified atom stereocenters. The van der Waals surface area contributed by atoms with Crippen LogP contribution in [0.1, 0.15) is 30.5 Å². The van der Waals surface area contributed by atoms with E-state index in [1.165, 1.54) is 50.1 Å². The molecule has 2 N–H and O–H groups in total. The summed E-state index contributed by atoms with van der Waals surface area (Å²) in [4.78, 5) is 0. The van der Waals surface area contributed by atoms with Crippen molar-refractivity contribution in [3.8, 4) is 33.4 Å². The van der Waals surface area contributed by atoms with Gasteiger partial charge in [0.2, 0.25) is 0 Å². The van der Waals surface area contributed by atoms with Gasteiger partial charge in [-0.05, 0) is 62.9 Å². The number of hydrogen-bond acceptors (Lipinski definition) is 1. The minimum atomic E-state index is 0.607. The van der Waals surface area contributed by atoms with Gasteiger partial charge in [-0.15, -0.1) is 0 Å². The molecule has 0 saturated carbocycles. The van der Waals surface area contributed by atoms with Crippen LogP contribution in [0.25, 0.3) is 33.4 Å². The molecule has 3 aromatic rings. The summed E-state index contributed by atoms with van der Waals surface area (Å²) in [5, 5.41) is 0. The van der Waals surface area contributed by atoms with Crippen LogP contribution in [-0.4, -0.2) is 0 Å². The molecule has 0 bridgehead atoms. The third-order valence-corrected chi connectivity index (χ3v) is 5.18. The van der Waals surface area contributed by atoms with Crippen molar-refractivity contribution >= 4 is 0 Å². The van der Waals surface area contributed by atoms with Gasteiger partial charge in [-0.2, -0.15) is 0 Å². The molecule has 24 heavy (non-hydrogen) atoms. The van der Waals surface area contributed by atoms with E-state index in [2.05, 4.69) is 68.4 Å². The summed E-state index contributed by atoms with van der Waals surface area (Å²) in [5.74, 6) is 0. The van der Waals surface area contributed by atoms with Crippen molar-refractivity contribution in [3.05, 3.63) is 71.3 Å². The number of hydrogen-bond donors (Lipinski definition) is 1. The van der Waals surface area contributed by atoms with E-state index in [1.807, 2.05) is 0 Å². The maximum Gasteiger partial charge on any atom is 0.0178 e. The lowest BCUT2D eigenvalue weighted by Crippen LogP contribution is -2.05. The first kappa shape index (κ1) is 15.2. The van der Waals surface area contributed by atoms with E-state index >= 15 is 0 Å². The molecule has 1 nitrogen and oxygen atoms in total. The van der Waals surface area contributed by atoms with Crippen molar-refractivity contribution in [1.29, 1.82) is 0 Å². The topological polar surface area (TPSA) is 26.0 Å². The molecule has 1 aliphatic carbocycles. The summed E-state index contributed by atoms with van der Waals surface area (Å²) in [6, 6.07) is 20.0. The molecule has 0 fully saturated rings. The van der Waals surface area contributed by atoms with Gasteiger partial charge in [-0.25, -0.2) is 0 Å². The van der Waals surface area contributed by atoms with Crippen molar-refractivity contribution in [3.63, 3.8) is 0 Å². The quantitative estimate of drug-likeness (QED) is 0.522. The molecule has 120 valence electrons. The fraction of sp³-hybridized carbons (Fsp3) is 0.217. The molecule has 0 aromatic heterocycles. The zero-order valence-electron chi connectivity index (χ0n) is 14.4. The van der Waals surface area contributed by atoms with E-state index < -0.39 is 0 Å². The van der Waals surface area contributed by atoms with Crippen LogP contribution in [-0.2, 0) is 19.4 Å². The van der Waals surface area contributed by atoms with Gasteiger partial charge in [0.1, 0.15) is 0 Å². The summed E-state index contributed by atoms with van der Waals surface area (Å²) < 4.78 is 0. The summed E-state index contributed by atoms with van der Waals surface area (Å²) in [6.07, 6.45) is 2.06. The Morgan fingerprint density at radius 2 is 1.25 bits per heavy atom. The van der Waals surface area contributed by atoms with Crippen molar-refractivity contribution in [1.82, 2.24) is 0 Å². The second kappa shape index (κ2) is 5.92. The third kappa shape index (κ3) is 2.12. The Balaban J connectivity index is 1.98. The van der Waals surface area contributed by atoms with E-state index in [9.17, 15) is 0 Å². The molecule has 0 aliphatic heterocycles. The predicted octanol–water partition coefficient (Wildman–Crippen LogP) is 5.58. The average molecular weight is 313 g/mol.